The highest BCUT2D eigenvalue weighted by atomic mass is 16.3. The average Bonchev–Trinajstić information content (AvgIpc) is 3.20. The van der Waals surface area contributed by atoms with Crippen LogP contribution in [-0.2, 0) is 22.4 Å². The highest BCUT2D eigenvalue weighted by Crippen LogP contribution is 2.21. The second kappa shape index (κ2) is 8.73. The lowest BCUT2D eigenvalue weighted by Crippen LogP contribution is -2.31. The summed E-state index contributed by atoms with van der Waals surface area (Å²) >= 11 is 0. The van der Waals surface area contributed by atoms with E-state index in [0.29, 0.717) is 19.5 Å². The van der Waals surface area contributed by atoms with Crippen molar-refractivity contribution in [2.75, 3.05) is 13.1 Å². The number of amides is 1. The van der Waals surface area contributed by atoms with E-state index in [-0.39, 0.29) is 24.7 Å². The van der Waals surface area contributed by atoms with Crippen LogP contribution in [0.2, 0.25) is 0 Å². The summed E-state index contributed by atoms with van der Waals surface area (Å²) in [6, 6.07) is 0. The van der Waals surface area contributed by atoms with Gasteiger partial charge in [-0.25, -0.2) is 4.98 Å². The molecular weight excluding hydrogens is 314 g/mol. The molecule has 0 unspecified atom stereocenters. The summed E-state index contributed by atoms with van der Waals surface area (Å²) in [6.07, 6.45) is 8.54. The number of carboxylic acid groups (broad SMARTS) is 1. The van der Waals surface area contributed by atoms with Gasteiger partial charge in [-0.2, -0.15) is 0 Å². The molecule has 3 N–H and O–H groups in total. The highest BCUT2D eigenvalue weighted by Gasteiger charge is 2.34. The topological polar surface area (TPSA) is 132 Å². The number of aliphatic hydroxyl groups excluding tert-OH is 1. The Kier molecular flexibility index (Phi) is 6.38. The Morgan fingerprint density at radius 3 is 2.75 bits per heavy atom. The van der Waals surface area contributed by atoms with Gasteiger partial charge in [-0.15, -0.1) is 0 Å². The summed E-state index contributed by atoms with van der Waals surface area (Å²) in [6.45, 7) is 0.669. The minimum atomic E-state index is -0.516. The summed E-state index contributed by atoms with van der Waals surface area (Å²) in [5.41, 5.74) is 1.62. The van der Waals surface area contributed by atoms with Crippen molar-refractivity contribution in [2.24, 2.45) is 5.92 Å². The maximum atomic E-state index is 12.2. The number of imidazole rings is 1. The normalized spacial score (nSPS) is 19.5. The summed E-state index contributed by atoms with van der Waals surface area (Å²) in [4.78, 5) is 37.3. The third-order valence-electron chi connectivity index (χ3n) is 3.74. The standard InChI is InChI=1S/C14H17N5O2.CH2O2/c20-13-8-19(14(21)4-12-6-16-9-18-12)7-10(13)3-11-5-15-1-2-17-11;2-1-3/h1-2,5-6,9-10,13,20H,3-4,7-8H2,(H,16,18);1H,(H,2,3)/t10-,13-;/m1./s1. The first-order valence-corrected chi connectivity index (χ1v) is 7.39. The van der Waals surface area contributed by atoms with E-state index in [1.54, 1.807) is 36.0 Å². The Morgan fingerprint density at radius 1 is 1.33 bits per heavy atom. The van der Waals surface area contributed by atoms with Crippen LogP contribution in [0.5, 0.6) is 0 Å². The Bertz CT molecular complexity index is 635. The second-order valence-electron chi connectivity index (χ2n) is 5.39. The van der Waals surface area contributed by atoms with Crippen molar-refractivity contribution >= 4 is 12.4 Å². The highest BCUT2D eigenvalue weighted by molar-refractivity contribution is 5.78. The number of H-pyrrole nitrogens is 1. The second-order valence-corrected chi connectivity index (χ2v) is 5.39. The minimum absolute atomic E-state index is 0.0000501. The number of aliphatic hydroxyl groups is 1. The van der Waals surface area contributed by atoms with Crippen molar-refractivity contribution in [2.45, 2.75) is 18.9 Å². The summed E-state index contributed by atoms with van der Waals surface area (Å²) in [7, 11) is 0. The van der Waals surface area contributed by atoms with E-state index in [1.807, 2.05) is 0 Å². The predicted octanol–water partition coefficient (Wildman–Crippen LogP) is -0.495. The maximum absolute atomic E-state index is 12.2. The number of likely N-dealkylation sites (tertiary alicyclic amines) is 1. The third-order valence-corrected chi connectivity index (χ3v) is 3.74. The van der Waals surface area contributed by atoms with Gasteiger partial charge >= 0.3 is 0 Å². The average molecular weight is 333 g/mol. The fraction of sp³-hybridized carbons (Fsp3) is 0.400. The van der Waals surface area contributed by atoms with E-state index in [9.17, 15) is 9.90 Å². The van der Waals surface area contributed by atoms with Crippen LogP contribution in [0.25, 0.3) is 0 Å². The van der Waals surface area contributed by atoms with Crippen LogP contribution in [0.1, 0.15) is 11.4 Å². The zero-order valence-corrected chi connectivity index (χ0v) is 12.9. The lowest BCUT2D eigenvalue weighted by atomic mass is 10.0. The molecule has 0 radical (unpaired) electrons. The van der Waals surface area contributed by atoms with Crippen molar-refractivity contribution in [3.63, 3.8) is 0 Å². The maximum Gasteiger partial charge on any atom is 0.290 e. The molecule has 2 aromatic rings. The minimum Gasteiger partial charge on any atom is -0.483 e. The molecule has 24 heavy (non-hydrogen) atoms. The van der Waals surface area contributed by atoms with Gasteiger partial charge < -0.3 is 20.1 Å². The van der Waals surface area contributed by atoms with Crippen molar-refractivity contribution < 1.29 is 19.8 Å². The summed E-state index contributed by atoms with van der Waals surface area (Å²) < 4.78 is 0. The van der Waals surface area contributed by atoms with E-state index in [1.165, 1.54) is 0 Å². The molecule has 1 saturated heterocycles. The Balaban J connectivity index is 0.000000647. The zero-order valence-electron chi connectivity index (χ0n) is 12.9. The summed E-state index contributed by atoms with van der Waals surface area (Å²) in [5.74, 6) is 0.00682. The van der Waals surface area contributed by atoms with Crippen LogP contribution in [0, 0.1) is 5.92 Å². The molecule has 3 rings (SSSR count). The van der Waals surface area contributed by atoms with E-state index >= 15 is 0 Å². The van der Waals surface area contributed by atoms with Gasteiger partial charge in [0.15, 0.2) is 0 Å². The molecule has 2 atom stereocenters. The smallest absolute Gasteiger partial charge is 0.290 e. The number of nitrogens with zero attached hydrogens (tertiary/aromatic N) is 4. The SMILES string of the molecule is O=C(Cc1cnc[nH]1)N1C[C@@H](Cc2cnccn2)[C@H](O)C1.O=CO. The molecule has 0 bridgehead atoms. The fourth-order valence-corrected chi connectivity index (χ4v) is 2.62. The number of aromatic nitrogens is 4. The van der Waals surface area contributed by atoms with Gasteiger partial charge in [0.05, 0.1) is 24.5 Å². The number of hydrogen-bond acceptors (Lipinski definition) is 6. The van der Waals surface area contributed by atoms with Gasteiger partial charge in [0.25, 0.3) is 6.47 Å². The number of nitrogens with one attached hydrogen (secondary N) is 1. The number of β-amino-alcohol motifs (C(OH)–C–C–N with tert-alkyl or cyclic N) is 1. The molecule has 1 aliphatic heterocycles. The van der Waals surface area contributed by atoms with E-state index in [2.05, 4.69) is 19.9 Å². The van der Waals surface area contributed by atoms with Crippen molar-refractivity contribution in [1.82, 2.24) is 24.8 Å². The molecule has 0 aromatic carbocycles. The fourth-order valence-electron chi connectivity index (χ4n) is 2.62. The van der Waals surface area contributed by atoms with Gasteiger partial charge in [0, 0.05) is 49.5 Å². The van der Waals surface area contributed by atoms with Gasteiger partial charge in [0.1, 0.15) is 0 Å². The molecule has 3 heterocycles. The van der Waals surface area contributed by atoms with Crippen LogP contribution in [0.3, 0.4) is 0 Å². The Labute approximate surface area is 138 Å². The van der Waals surface area contributed by atoms with E-state index < -0.39 is 6.10 Å². The van der Waals surface area contributed by atoms with Gasteiger partial charge in [0.2, 0.25) is 5.91 Å². The molecule has 1 aliphatic rings. The van der Waals surface area contributed by atoms with Gasteiger partial charge in [-0.05, 0) is 6.42 Å². The van der Waals surface area contributed by atoms with Crippen LogP contribution >= 0.6 is 0 Å². The molecule has 1 amide bonds. The molecule has 0 saturated carbocycles. The zero-order chi connectivity index (χ0) is 17.4. The molecule has 9 heteroatoms. The van der Waals surface area contributed by atoms with Gasteiger partial charge in [-0.3, -0.25) is 19.6 Å². The largest absolute Gasteiger partial charge is 0.483 e. The number of aromatic amines is 1. The predicted molar refractivity (Wildman–Crippen MR) is 82.8 cm³/mol. The van der Waals surface area contributed by atoms with Crippen LogP contribution in [0.15, 0.2) is 31.1 Å². The first-order valence-electron chi connectivity index (χ1n) is 7.39. The number of hydrogen-bond donors (Lipinski definition) is 3. The lowest BCUT2D eigenvalue weighted by Gasteiger charge is -2.15. The van der Waals surface area contributed by atoms with Crippen molar-refractivity contribution in [3.05, 3.63) is 42.5 Å². The van der Waals surface area contributed by atoms with Crippen molar-refractivity contribution in [1.29, 1.82) is 0 Å². The monoisotopic (exact) mass is 333 g/mol. The number of rotatable bonds is 4. The van der Waals surface area contributed by atoms with E-state index in [4.69, 9.17) is 9.90 Å². The van der Waals surface area contributed by atoms with Gasteiger partial charge in [-0.1, -0.05) is 0 Å². The summed E-state index contributed by atoms with van der Waals surface area (Å²) in [5, 5.41) is 17.0. The lowest BCUT2D eigenvalue weighted by molar-refractivity contribution is -0.130. The third kappa shape index (κ3) is 4.85. The molecule has 128 valence electrons. The molecule has 1 fully saturated rings. The Morgan fingerprint density at radius 2 is 2.12 bits per heavy atom. The molecule has 9 nitrogen and oxygen atoms in total. The van der Waals surface area contributed by atoms with Crippen molar-refractivity contribution in [3.8, 4) is 0 Å². The number of carbonyl (C=O) groups excluding carboxylic acids is 1. The molecule has 2 aromatic heterocycles. The number of carbonyl (C=O) groups is 2. The van der Waals surface area contributed by atoms with Crippen LogP contribution < -0.4 is 0 Å². The molecular formula is C15H19N5O4. The van der Waals surface area contributed by atoms with Crippen LogP contribution in [0.4, 0.5) is 0 Å². The molecule has 0 aliphatic carbocycles. The van der Waals surface area contributed by atoms with E-state index in [0.717, 1.165) is 11.4 Å². The molecule has 0 spiro atoms. The van der Waals surface area contributed by atoms with Crippen LogP contribution in [-0.4, -0.2) is 66.6 Å². The Hall–Kier alpha value is -2.81. The first kappa shape index (κ1) is 17.5. The first-order chi connectivity index (χ1) is 11.6. The quantitative estimate of drug-likeness (QED) is 0.643.